The van der Waals surface area contributed by atoms with E-state index in [4.69, 9.17) is 0 Å². The molecule has 1 fully saturated rings. The molecule has 0 saturated carbocycles. The lowest BCUT2D eigenvalue weighted by Gasteiger charge is -2.25. The summed E-state index contributed by atoms with van der Waals surface area (Å²) >= 11 is 0. The Kier molecular flexibility index (Phi) is 3.67. The smallest absolute Gasteiger partial charge is 0.358 e. The summed E-state index contributed by atoms with van der Waals surface area (Å²) in [4.78, 5) is 18.1. The van der Waals surface area contributed by atoms with Crippen LogP contribution in [0.1, 0.15) is 35.6 Å². The minimum absolute atomic E-state index is 0.0475. The van der Waals surface area contributed by atoms with Crippen molar-refractivity contribution in [3.05, 3.63) is 69.4 Å². The minimum Gasteiger partial charge on any atom is -0.358 e. The summed E-state index contributed by atoms with van der Waals surface area (Å²) < 4.78 is 1.56. The van der Waals surface area contributed by atoms with E-state index in [0.717, 1.165) is 19.4 Å². The Morgan fingerprint density at radius 2 is 2.04 bits per heavy atom. The lowest BCUT2D eigenvalue weighted by Crippen LogP contribution is -2.24. The molecule has 0 amide bonds. The molecule has 1 aliphatic heterocycles. The number of benzene rings is 1. The number of pyridine rings is 1. The number of hydrogen-bond donors (Lipinski definition) is 0. The highest BCUT2D eigenvalue weighted by molar-refractivity contribution is 5.65. The molecule has 3 heterocycles. The van der Waals surface area contributed by atoms with Crippen molar-refractivity contribution in [2.45, 2.75) is 32.7 Å². The van der Waals surface area contributed by atoms with Crippen LogP contribution in [0.4, 0.5) is 11.6 Å². The second kappa shape index (κ2) is 5.88. The van der Waals surface area contributed by atoms with Gasteiger partial charge >= 0.3 is 5.82 Å². The first kappa shape index (κ1) is 15.6. The molecule has 4 rings (SSSR count). The Hall–Kier alpha value is -2.89. The van der Waals surface area contributed by atoms with Crippen LogP contribution in [0.25, 0.3) is 5.65 Å². The molecule has 2 aromatic heterocycles. The van der Waals surface area contributed by atoms with E-state index in [9.17, 15) is 10.1 Å². The van der Waals surface area contributed by atoms with E-state index < -0.39 is 0 Å². The molecule has 1 atom stereocenters. The predicted molar refractivity (Wildman–Crippen MR) is 97.1 cm³/mol. The van der Waals surface area contributed by atoms with Gasteiger partial charge in [-0.25, -0.2) is 0 Å². The topological polar surface area (TPSA) is 63.7 Å². The molecular formula is C19H20N4O2. The molecule has 1 aromatic carbocycles. The van der Waals surface area contributed by atoms with Gasteiger partial charge in [0.25, 0.3) is 0 Å². The van der Waals surface area contributed by atoms with Crippen LogP contribution in [-0.4, -0.2) is 20.9 Å². The van der Waals surface area contributed by atoms with Crippen molar-refractivity contribution >= 4 is 17.3 Å². The number of aryl methyl sites for hydroxylation is 2. The average Bonchev–Trinajstić information content (AvgIpc) is 3.20. The van der Waals surface area contributed by atoms with Crippen LogP contribution in [-0.2, 0) is 0 Å². The minimum atomic E-state index is -0.328. The van der Waals surface area contributed by atoms with Gasteiger partial charge in [-0.1, -0.05) is 24.3 Å². The number of imidazole rings is 1. The van der Waals surface area contributed by atoms with Gasteiger partial charge < -0.3 is 15.0 Å². The molecule has 0 bridgehead atoms. The van der Waals surface area contributed by atoms with E-state index in [-0.39, 0.29) is 16.8 Å². The molecule has 1 saturated heterocycles. The van der Waals surface area contributed by atoms with Crippen LogP contribution in [0.2, 0.25) is 0 Å². The lowest BCUT2D eigenvalue weighted by atomic mass is 9.99. The molecule has 0 N–H and O–H groups in total. The maximum absolute atomic E-state index is 11.7. The maximum atomic E-state index is 11.7. The molecule has 3 aromatic rings. The van der Waals surface area contributed by atoms with Crippen molar-refractivity contribution < 1.29 is 4.92 Å². The van der Waals surface area contributed by atoms with Gasteiger partial charge in [0, 0.05) is 12.6 Å². The van der Waals surface area contributed by atoms with Gasteiger partial charge in [-0.15, -0.1) is 0 Å². The Morgan fingerprint density at radius 1 is 1.20 bits per heavy atom. The van der Waals surface area contributed by atoms with Crippen LogP contribution in [0.15, 0.2) is 42.6 Å². The van der Waals surface area contributed by atoms with Crippen LogP contribution >= 0.6 is 0 Å². The zero-order chi connectivity index (χ0) is 17.6. The summed E-state index contributed by atoms with van der Waals surface area (Å²) in [7, 11) is 0. The van der Waals surface area contributed by atoms with E-state index in [0.29, 0.717) is 11.5 Å². The monoisotopic (exact) mass is 336 g/mol. The third-order valence-corrected chi connectivity index (χ3v) is 5.10. The fourth-order valence-electron chi connectivity index (χ4n) is 3.67. The van der Waals surface area contributed by atoms with Crippen molar-refractivity contribution in [1.29, 1.82) is 0 Å². The fourth-order valence-corrected chi connectivity index (χ4v) is 3.67. The van der Waals surface area contributed by atoms with Crippen LogP contribution in [0, 0.1) is 24.0 Å². The first-order valence-electron chi connectivity index (χ1n) is 8.51. The van der Waals surface area contributed by atoms with Gasteiger partial charge in [0.1, 0.15) is 0 Å². The average molecular weight is 336 g/mol. The normalized spacial score (nSPS) is 17.4. The molecule has 25 heavy (non-hydrogen) atoms. The van der Waals surface area contributed by atoms with Crippen molar-refractivity contribution in [2.24, 2.45) is 0 Å². The standard InChI is InChI=1S/C19H20N4O2/c1-13-8-9-15(12-14(13)2)16-6-5-11-21(16)18-19(23(24)25)22-10-4-3-7-17(22)20-18/h3-4,7-10,12,16H,5-6,11H2,1-2H3/t16-/m1/s1. The number of anilines is 1. The Balaban J connectivity index is 1.83. The largest absolute Gasteiger partial charge is 0.372 e. The fraction of sp³-hybridized carbons (Fsp3) is 0.316. The van der Waals surface area contributed by atoms with E-state index in [2.05, 4.69) is 41.9 Å². The van der Waals surface area contributed by atoms with Crippen LogP contribution in [0.3, 0.4) is 0 Å². The molecule has 0 unspecified atom stereocenters. The predicted octanol–water partition coefficient (Wildman–Crippen LogP) is 4.20. The van der Waals surface area contributed by atoms with Crippen molar-refractivity contribution in [3.8, 4) is 0 Å². The van der Waals surface area contributed by atoms with E-state index in [1.54, 1.807) is 22.7 Å². The summed E-state index contributed by atoms with van der Waals surface area (Å²) in [6, 6.07) is 12.0. The highest BCUT2D eigenvalue weighted by atomic mass is 16.6. The van der Waals surface area contributed by atoms with Crippen molar-refractivity contribution in [1.82, 2.24) is 9.38 Å². The molecule has 6 nitrogen and oxygen atoms in total. The first-order valence-corrected chi connectivity index (χ1v) is 8.51. The SMILES string of the molecule is Cc1ccc([C@H]2CCCN2c2nc3ccccn3c2[N+](=O)[O-])cc1C. The second-order valence-electron chi connectivity index (χ2n) is 6.64. The van der Waals surface area contributed by atoms with Gasteiger partial charge in [-0.2, -0.15) is 9.38 Å². The van der Waals surface area contributed by atoms with Crippen molar-refractivity contribution in [3.63, 3.8) is 0 Å². The third kappa shape index (κ3) is 2.54. The first-order chi connectivity index (χ1) is 12.1. The highest BCUT2D eigenvalue weighted by Gasteiger charge is 2.34. The summed E-state index contributed by atoms with van der Waals surface area (Å²) in [5, 5.41) is 11.7. The Morgan fingerprint density at radius 3 is 2.80 bits per heavy atom. The quantitative estimate of drug-likeness (QED) is 0.531. The number of fused-ring (bicyclic) bond motifs is 1. The molecule has 0 radical (unpaired) electrons. The van der Waals surface area contributed by atoms with Gasteiger partial charge in [0.15, 0.2) is 0 Å². The molecule has 1 aliphatic rings. The summed E-state index contributed by atoms with van der Waals surface area (Å²) in [5.41, 5.74) is 4.31. The molecular weight excluding hydrogens is 316 g/mol. The van der Waals surface area contributed by atoms with E-state index >= 15 is 0 Å². The Bertz CT molecular complexity index is 963. The molecule has 128 valence electrons. The highest BCUT2D eigenvalue weighted by Crippen LogP contribution is 2.40. The summed E-state index contributed by atoms with van der Waals surface area (Å²) in [5.74, 6) is 0.517. The van der Waals surface area contributed by atoms with Gasteiger partial charge in [0.05, 0.1) is 12.2 Å². The summed E-state index contributed by atoms with van der Waals surface area (Å²) in [6.45, 7) is 4.98. The summed E-state index contributed by atoms with van der Waals surface area (Å²) in [6.07, 6.45) is 3.68. The van der Waals surface area contributed by atoms with Crippen LogP contribution < -0.4 is 4.90 Å². The van der Waals surface area contributed by atoms with Gasteiger partial charge in [-0.05, 0) is 54.4 Å². The number of hydrogen-bond acceptors (Lipinski definition) is 4. The maximum Gasteiger partial charge on any atom is 0.372 e. The number of nitro groups is 1. The third-order valence-electron chi connectivity index (χ3n) is 5.10. The van der Waals surface area contributed by atoms with E-state index in [1.165, 1.54) is 16.7 Å². The lowest BCUT2D eigenvalue weighted by molar-refractivity contribution is -0.389. The second-order valence-corrected chi connectivity index (χ2v) is 6.64. The van der Waals surface area contributed by atoms with E-state index in [1.807, 2.05) is 6.07 Å². The molecule has 6 heteroatoms. The number of aromatic nitrogens is 2. The zero-order valence-corrected chi connectivity index (χ0v) is 14.3. The number of nitrogens with zero attached hydrogens (tertiary/aromatic N) is 4. The van der Waals surface area contributed by atoms with Crippen LogP contribution in [0.5, 0.6) is 0 Å². The van der Waals surface area contributed by atoms with Gasteiger partial charge in [0.2, 0.25) is 11.5 Å². The zero-order valence-electron chi connectivity index (χ0n) is 14.3. The number of rotatable bonds is 3. The van der Waals surface area contributed by atoms with Crippen molar-refractivity contribution in [2.75, 3.05) is 11.4 Å². The van der Waals surface area contributed by atoms with Gasteiger partial charge in [-0.3, -0.25) is 0 Å². The Labute approximate surface area is 145 Å². The molecule has 0 spiro atoms. The molecule has 0 aliphatic carbocycles.